The molecule has 2 aliphatic rings. The lowest BCUT2D eigenvalue weighted by Crippen LogP contribution is -2.33. The monoisotopic (exact) mass is 442 g/mol. The normalized spacial score (nSPS) is 20.9. The van der Waals surface area contributed by atoms with E-state index >= 15 is 0 Å². The quantitative estimate of drug-likeness (QED) is 0.515. The zero-order chi connectivity index (χ0) is 22.6. The van der Waals surface area contributed by atoms with Crippen LogP contribution in [0.2, 0.25) is 0 Å². The molecule has 1 N–H and O–H groups in total. The van der Waals surface area contributed by atoms with Crippen LogP contribution in [-0.4, -0.2) is 48.1 Å². The summed E-state index contributed by atoms with van der Waals surface area (Å²) in [7, 11) is 0. The maximum Gasteiger partial charge on any atom is 0.573 e. The minimum Gasteiger partial charge on any atom is -0.456 e. The van der Waals surface area contributed by atoms with E-state index in [2.05, 4.69) is 10.1 Å². The number of nitrogens with zero attached hydrogens (tertiary/aromatic N) is 1. The first kappa shape index (κ1) is 22.6. The number of esters is 1. The molecule has 3 rings (SSSR count). The van der Waals surface area contributed by atoms with Crippen LogP contribution in [-0.2, 0) is 23.9 Å². The second-order valence-corrected chi connectivity index (χ2v) is 7.36. The minimum absolute atomic E-state index is 0.0915. The maximum absolute atomic E-state index is 12.4. The van der Waals surface area contributed by atoms with Gasteiger partial charge in [0.15, 0.2) is 6.61 Å². The predicted octanol–water partition coefficient (Wildman–Crippen LogP) is 2.63. The number of hydrogen-bond donors (Lipinski definition) is 1. The first-order valence-electron chi connectivity index (χ1n) is 9.80. The van der Waals surface area contributed by atoms with E-state index < -0.39 is 30.6 Å². The van der Waals surface area contributed by atoms with Gasteiger partial charge in [0.2, 0.25) is 11.8 Å². The molecule has 1 aromatic carbocycles. The Hall–Kier alpha value is -3.11. The van der Waals surface area contributed by atoms with Crippen LogP contribution in [0, 0.1) is 11.8 Å². The van der Waals surface area contributed by atoms with Gasteiger partial charge in [-0.1, -0.05) is 12.8 Å². The Balaban J connectivity index is 1.40. The molecule has 8 nitrogen and oxygen atoms in total. The number of anilines is 1. The predicted molar refractivity (Wildman–Crippen MR) is 99.5 cm³/mol. The summed E-state index contributed by atoms with van der Waals surface area (Å²) in [4.78, 5) is 49.5. The minimum atomic E-state index is -4.82. The molecule has 1 saturated heterocycles. The van der Waals surface area contributed by atoms with E-state index in [0.717, 1.165) is 29.9 Å². The molecule has 1 heterocycles. The maximum atomic E-state index is 12.4. The van der Waals surface area contributed by atoms with E-state index in [-0.39, 0.29) is 42.3 Å². The van der Waals surface area contributed by atoms with Gasteiger partial charge < -0.3 is 14.8 Å². The van der Waals surface area contributed by atoms with Crippen LogP contribution >= 0.6 is 0 Å². The fraction of sp³-hybridized carbons (Fsp3) is 0.500. The summed E-state index contributed by atoms with van der Waals surface area (Å²) in [5.41, 5.74) is 0.187. The van der Waals surface area contributed by atoms with Gasteiger partial charge >= 0.3 is 12.3 Å². The number of carbonyl (C=O) groups is 4. The first-order valence-corrected chi connectivity index (χ1v) is 9.80. The van der Waals surface area contributed by atoms with Gasteiger partial charge in [-0.15, -0.1) is 13.2 Å². The Morgan fingerprint density at radius 3 is 2.16 bits per heavy atom. The highest BCUT2D eigenvalue weighted by Crippen LogP contribution is 2.38. The number of imide groups is 1. The average molecular weight is 442 g/mol. The molecule has 0 radical (unpaired) electrons. The number of alkyl halides is 3. The molecule has 0 unspecified atom stereocenters. The van der Waals surface area contributed by atoms with Crippen molar-refractivity contribution in [1.29, 1.82) is 0 Å². The first-order chi connectivity index (χ1) is 14.6. The largest absolute Gasteiger partial charge is 0.573 e. The van der Waals surface area contributed by atoms with Crippen molar-refractivity contribution in [1.82, 2.24) is 4.90 Å². The van der Waals surface area contributed by atoms with E-state index in [1.165, 1.54) is 12.1 Å². The number of fused-ring (bicyclic) bond motifs is 1. The molecule has 3 amide bonds. The van der Waals surface area contributed by atoms with Crippen LogP contribution < -0.4 is 10.1 Å². The summed E-state index contributed by atoms with van der Waals surface area (Å²) in [6.45, 7) is -0.710. The van der Waals surface area contributed by atoms with Crippen LogP contribution in [0.3, 0.4) is 0 Å². The van der Waals surface area contributed by atoms with Gasteiger partial charge in [0.1, 0.15) is 5.75 Å². The van der Waals surface area contributed by atoms with Crippen molar-refractivity contribution < 1.29 is 41.8 Å². The molecule has 0 bridgehead atoms. The Bertz CT molecular complexity index is 831. The molecule has 0 spiro atoms. The Morgan fingerprint density at radius 1 is 1.03 bits per heavy atom. The zero-order valence-corrected chi connectivity index (χ0v) is 16.4. The number of halogens is 3. The van der Waals surface area contributed by atoms with Crippen LogP contribution in [0.25, 0.3) is 0 Å². The van der Waals surface area contributed by atoms with Crippen molar-refractivity contribution in [3.8, 4) is 5.75 Å². The van der Waals surface area contributed by atoms with Gasteiger partial charge in [-0.2, -0.15) is 0 Å². The van der Waals surface area contributed by atoms with Crippen molar-refractivity contribution in [3.05, 3.63) is 24.3 Å². The van der Waals surface area contributed by atoms with Crippen molar-refractivity contribution in [2.75, 3.05) is 18.5 Å². The molecule has 2 fully saturated rings. The molecule has 168 valence electrons. The third-order valence-electron chi connectivity index (χ3n) is 5.21. The fourth-order valence-corrected chi connectivity index (χ4v) is 3.81. The average Bonchev–Trinajstić information content (AvgIpc) is 2.96. The Labute approximate surface area is 175 Å². The van der Waals surface area contributed by atoms with Crippen molar-refractivity contribution in [2.24, 2.45) is 11.8 Å². The lowest BCUT2D eigenvalue weighted by atomic mass is 9.81. The van der Waals surface area contributed by atoms with Crippen molar-refractivity contribution in [3.63, 3.8) is 0 Å². The number of benzene rings is 1. The van der Waals surface area contributed by atoms with Gasteiger partial charge in [0, 0.05) is 12.2 Å². The van der Waals surface area contributed by atoms with Gasteiger partial charge in [0.25, 0.3) is 5.91 Å². The van der Waals surface area contributed by atoms with Gasteiger partial charge in [0.05, 0.1) is 18.3 Å². The molecule has 31 heavy (non-hydrogen) atoms. The van der Waals surface area contributed by atoms with Crippen LogP contribution in [0.15, 0.2) is 24.3 Å². The van der Waals surface area contributed by atoms with Gasteiger partial charge in [-0.3, -0.25) is 24.1 Å². The summed E-state index contributed by atoms with van der Waals surface area (Å²) in [5, 5.41) is 2.36. The van der Waals surface area contributed by atoms with Gasteiger partial charge in [-0.25, -0.2) is 0 Å². The number of amides is 3. The second-order valence-electron chi connectivity index (χ2n) is 7.36. The van der Waals surface area contributed by atoms with Crippen molar-refractivity contribution in [2.45, 2.75) is 38.5 Å². The number of hydrogen-bond acceptors (Lipinski definition) is 6. The Kier molecular flexibility index (Phi) is 6.81. The summed E-state index contributed by atoms with van der Waals surface area (Å²) in [6.07, 6.45) is -1.87. The Morgan fingerprint density at radius 2 is 1.61 bits per heavy atom. The van der Waals surface area contributed by atoms with Gasteiger partial charge in [-0.05, 0) is 37.1 Å². The second kappa shape index (κ2) is 9.36. The topological polar surface area (TPSA) is 102 Å². The molecule has 2 atom stereocenters. The molecule has 0 aromatic heterocycles. The number of nitrogens with one attached hydrogen (secondary N) is 1. The fourth-order valence-electron chi connectivity index (χ4n) is 3.81. The molecule has 1 aromatic rings. The number of likely N-dealkylation sites (tertiary alicyclic amines) is 1. The summed E-state index contributed by atoms with van der Waals surface area (Å²) >= 11 is 0. The van der Waals surface area contributed by atoms with Crippen LogP contribution in [0.1, 0.15) is 32.1 Å². The van der Waals surface area contributed by atoms with Crippen LogP contribution in [0.4, 0.5) is 18.9 Å². The van der Waals surface area contributed by atoms with E-state index in [9.17, 15) is 32.3 Å². The summed E-state index contributed by atoms with van der Waals surface area (Å²) in [6, 6.07) is 4.45. The highest BCUT2D eigenvalue weighted by Gasteiger charge is 2.47. The number of rotatable bonds is 7. The number of carbonyl (C=O) groups excluding carboxylic acids is 4. The third-order valence-corrected chi connectivity index (χ3v) is 5.21. The lowest BCUT2D eigenvalue weighted by molar-refractivity contribution is -0.274. The number of ether oxygens (including phenoxy) is 2. The van der Waals surface area contributed by atoms with Crippen molar-refractivity contribution >= 4 is 29.4 Å². The molecule has 11 heteroatoms. The standard InChI is InChI=1S/C20H21F3N2O6/c21-20(22,23)31-13-7-5-12(6-8-13)24-16(26)11-30-17(27)9-10-25-18(28)14-3-1-2-4-15(14)19(25)29/h5-8,14-15H,1-4,9-11H2,(H,24,26)/t14-,15-/m0/s1. The molecular formula is C20H21F3N2O6. The van der Waals surface area contributed by atoms with E-state index in [4.69, 9.17) is 4.74 Å². The molecular weight excluding hydrogens is 421 g/mol. The zero-order valence-electron chi connectivity index (χ0n) is 16.4. The SMILES string of the molecule is O=C(COC(=O)CCN1C(=O)[C@H]2CCCC[C@@H]2C1=O)Nc1ccc(OC(F)(F)F)cc1. The highest BCUT2D eigenvalue weighted by molar-refractivity contribution is 6.05. The molecule has 1 saturated carbocycles. The molecule has 1 aliphatic carbocycles. The lowest BCUT2D eigenvalue weighted by Gasteiger charge is -2.19. The summed E-state index contributed by atoms with van der Waals surface area (Å²) in [5.74, 6) is -2.98. The third kappa shape index (κ3) is 5.96. The van der Waals surface area contributed by atoms with E-state index in [0.29, 0.717) is 12.8 Å². The van der Waals surface area contributed by atoms with E-state index in [1.807, 2.05) is 0 Å². The molecule has 1 aliphatic heterocycles. The van der Waals surface area contributed by atoms with Crippen LogP contribution in [0.5, 0.6) is 5.75 Å². The van der Waals surface area contributed by atoms with E-state index in [1.54, 1.807) is 0 Å². The highest BCUT2D eigenvalue weighted by atomic mass is 19.4. The summed E-state index contributed by atoms with van der Waals surface area (Å²) < 4.78 is 44.9. The smallest absolute Gasteiger partial charge is 0.456 e.